The van der Waals surface area contributed by atoms with Crippen molar-refractivity contribution in [3.8, 4) is 0 Å². The van der Waals surface area contributed by atoms with Crippen molar-refractivity contribution in [2.24, 2.45) is 0 Å². The fraction of sp³-hybridized carbons (Fsp3) is 0.136. The van der Waals surface area contributed by atoms with Crippen LogP contribution < -0.4 is 5.32 Å². The lowest BCUT2D eigenvalue weighted by Crippen LogP contribution is -2.15. The lowest BCUT2D eigenvalue weighted by molar-refractivity contribution is -0.138. The second kappa shape index (κ2) is 8.03. The molecule has 1 N–H and O–H groups in total. The first-order valence-corrected chi connectivity index (χ1v) is 8.67. The first-order chi connectivity index (χ1) is 13.7. The van der Waals surface area contributed by atoms with Crippen LogP contribution >= 0.6 is 0 Å². The van der Waals surface area contributed by atoms with E-state index in [-0.39, 0.29) is 28.8 Å². The Hall–Kier alpha value is -3.22. The van der Waals surface area contributed by atoms with Crippen LogP contribution in [0.25, 0.3) is 0 Å². The van der Waals surface area contributed by atoms with Gasteiger partial charge in [0.25, 0.3) is 5.91 Å². The third kappa shape index (κ3) is 4.62. The molecule has 0 bridgehead atoms. The molecule has 3 rings (SSSR count). The smallest absolute Gasteiger partial charge is 0.322 e. The molecule has 2 nitrogen and oxygen atoms in total. The molecule has 0 fully saturated rings. The van der Waals surface area contributed by atoms with E-state index in [1.54, 1.807) is 13.0 Å². The minimum atomic E-state index is -4.54. The number of rotatable bonds is 4. The quantitative estimate of drug-likeness (QED) is 0.520. The molecule has 0 spiro atoms. The molecule has 0 radical (unpaired) electrons. The molecular weight excluding hydrogens is 389 g/mol. The van der Waals surface area contributed by atoms with Gasteiger partial charge in [-0.05, 0) is 47.9 Å². The molecule has 0 heterocycles. The third-order valence-electron chi connectivity index (χ3n) is 4.46. The molecule has 29 heavy (non-hydrogen) atoms. The van der Waals surface area contributed by atoms with Gasteiger partial charge in [0.2, 0.25) is 0 Å². The molecule has 0 aliphatic heterocycles. The fourth-order valence-corrected chi connectivity index (χ4v) is 3.04. The molecule has 1 amide bonds. The van der Waals surface area contributed by atoms with Crippen LogP contribution in [0.2, 0.25) is 0 Å². The maximum Gasteiger partial charge on any atom is 0.416 e. The van der Waals surface area contributed by atoms with Gasteiger partial charge >= 0.3 is 6.18 Å². The van der Waals surface area contributed by atoms with Crippen molar-refractivity contribution >= 4 is 11.6 Å². The van der Waals surface area contributed by atoms with Crippen molar-refractivity contribution in [1.29, 1.82) is 0 Å². The van der Waals surface area contributed by atoms with Crippen LogP contribution in [0.3, 0.4) is 0 Å². The second-order valence-electron chi connectivity index (χ2n) is 6.52. The first kappa shape index (κ1) is 20.5. The summed E-state index contributed by atoms with van der Waals surface area (Å²) < 4.78 is 67.7. The second-order valence-corrected chi connectivity index (χ2v) is 6.52. The van der Waals surface area contributed by atoms with Crippen LogP contribution in [0.4, 0.5) is 27.6 Å². The molecule has 150 valence electrons. The van der Waals surface area contributed by atoms with Crippen molar-refractivity contribution < 1.29 is 26.7 Å². The third-order valence-corrected chi connectivity index (χ3v) is 4.46. The maximum absolute atomic E-state index is 14.5. The van der Waals surface area contributed by atoms with Gasteiger partial charge in [-0.2, -0.15) is 13.2 Å². The number of anilines is 1. The van der Waals surface area contributed by atoms with Crippen molar-refractivity contribution in [3.63, 3.8) is 0 Å². The minimum absolute atomic E-state index is 0.0433. The summed E-state index contributed by atoms with van der Waals surface area (Å²) in [6.45, 7) is 1.57. The van der Waals surface area contributed by atoms with E-state index < -0.39 is 29.3 Å². The normalized spacial score (nSPS) is 11.4. The topological polar surface area (TPSA) is 29.1 Å². The summed E-state index contributed by atoms with van der Waals surface area (Å²) in [5.74, 6) is -2.22. The summed E-state index contributed by atoms with van der Waals surface area (Å²) in [6.07, 6.45) is -4.80. The van der Waals surface area contributed by atoms with Crippen LogP contribution in [0.15, 0.2) is 60.7 Å². The molecule has 0 aromatic heterocycles. The van der Waals surface area contributed by atoms with Crippen LogP contribution in [0.1, 0.15) is 32.6 Å². The van der Waals surface area contributed by atoms with Crippen LogP contribution in [0, 0.1) is 18.6 Å². The van der Waals surface area contributed by atoms with E-state index in [9.17, 15) is 26.7 Å². The summed E-state index contributed by atoms with van der Waals surface area (Å²) in [4.78, 5) is 12.3. The van der Waals surface area contributed by atoms with Gasteiger partial charge in [0, 0.05) is 12.1 Å². The molecule has 0 saturated carbocycles. The van der Waals surface area contributed by atoms with Gasteiger partial charge in [-0.15, -0.1) is 0 Å². The predicted molar refractivity (Wildman–Crippen MR) is 99.7 cm³/mol. The summed E-state index contributed by atoms with van der Waals surface area (Å²) in [5.41, 5.74) is -0.506. The van der Waals surface area contributed by atoms with Gasteiger partial charge in [-0.25, -0.2) is 8.78 Å². The highest BCUT2D eigenvalue weighted by Crippen LogP contribution is 2.33. The molecule has 7 heteroatoms. The largest absolute Gasteiger partial charge is 0.416 e. The number of hydrogen-bond donors (Lipinski definition) is 1. The zero-order valence-electron chi connectivity index (χ0n) is 15.3. The van der Waals surface area contributed by atoms with E-state index in [0.29, 0.717) is 5.56 Å². The Morgan fingerprint density at radius 3 is 2.28 bits per heavy atom. The van der Waals surface area contributed by atoms with Gasteiger partial charge in [0.15, 0.2) is 0 Å². The van der Waals surface area contributed by atoms with Crippen molar-refractivity contribution in [1.82, 2.24) is 0 Å². The number of alkyl halides is 3. The Kier molecular flexibility index (Phi) is 5.68. The zero-order valence-corrected chi connectivity index (χ0v) is 15.3. The number of carbonyl (C=O) groups is 1. The molecule has 0 atom stereocenters. The van der Waals surface area contributed by atoms with Crippen molar-refractivity contribution in [2.45, 2.75) is 19.5 Å². The van der Waals surface area contributed by atoms with Crippen molar-refractivity contribution in [3.05, 3.63) is 100 Å². The Balaban J connectivity index is 1.82. The summed E-state index contributed by atoms with van der Waals surface area (Å²) in [7, 11) is 0. The van der Waals surface area contributed by atoms with Gasteiger partial charge in [-0.1, -0.05) is 36.4 Å². The number of benzene rings is 3. The van der Waals surface area contributed by atoms with E-state index in [4.69, 9.17) is 0 Å². The van der Waals surface area contributed by atoms with Gasteiger partial charge < -0.3 is 5.32 Å². The summed E-state index contributed by atoms with van der Waals surface area (Å²) >= 11 is 0. The molecule has 0 saturated heterocycles. The lowest BCUT2D eigenvalue weighted by Gasteiger charge is -2.14. The van der Waals surface area contributed by atoms with E-state index in [0.717, 1.165) is 18.2 Å². The molecule has 3 aromatic rings. The van der Waals surface area contributed by atoms with E-state index in [2.05, 4.69) is 5.32 Å². The molecule has 0 aliphatic carbocycles. The number of amides is 1. The molecule has 0 unspecified atom stereocenters. The highest BCUT2D eigenvalue weighted by Gasteiger charge is 2.33. The highest BCUT2D eigenvalue weighted by molar-refractivity contribution is 6.05. The van der Waals surface area contributed by atoms with E-state index in [1.165, 1.54) is 36.4 Å². The fourth-order valence-electron chi connectivity index (χ4n) is 3.04. The maximum atomic E-state index is 14.5. The number of aryl methyl sites for hydroxylation is 1. The average molecular weight is 405 g/mol. The zero-order chi connectivity index (χ0) is 21.2. The summed E-state index contributed by atoms with van der Waals surface area (Å²) in [5, 5.41) is 2.41. The first-order valence-electron chi connectivity index (χ1n) is 8.67. The monoisotopic (exact) mass is 405 g/mol. The van der Waals surface area contributed by atoms with Crippen LogP contribution in [-0.2, 0) is 12.6 Å². The minimum Gasteiger partial charge on any atom is -0.322 e. The SMILES string of the molecule is Cc1cccc(F)c1C(=O)Nc1ccc(Cc2ccccc2C(F)(F)F)c(F)c1. The van der Waals surface area contributed by atoms with Crippen LogP contribution in [0.5, 0.6) is 0 Å². The summed E-state index contributed by atoms with van der Waals surface area (Å²) in [6, 6.07) is 12.8. The van der Waals surface area contributed by atoms with Gasteiger partial charge in [-0.3, -0.25) is 4.79 Å². The van der Waals surface area contributed by atoms with E-state index in [1.807, 2.05) is 0 Å². The van der Waals surface area contributed by atoms with Crippen LogP contribution in [-0.4, -0.2) is 5.91 Å². The Labute approximate surface area is 164 Å². The predicted octanol–water partition coefficient (Wildman–Crippen LogP) is 6.14. The molecular formula is C22H16F5NO. The lowest BCUT2D eigenvalue weighted by atomic mass is 9.99. The molecule has 3 aromatic carbocycles. The number of hydrogen-bond acceptors (Lipinski definition) is 1. The Morgan fingerprint density at radius 1 is 0.897 bits per heavy atom. The number of carbonyl (C=O) groups excluding carboxylic acids is 1. The Bertz CT molecular complexity index is 1040. The standard InChI is InChI=1S/C22H16F5NO/c1-13-5-4-8-18(23)20(13)21(29)28-16-10-9-15(19(24)12-16)11-14-6-2-3-7-17(14)22(25,26)27/h2-10,12H,11H2,1H3,(H,28,29). The number of nitrogens with one attached hydrogen (secondary N) is 1. The molecule has 0 aliphatic rings. The Morgan fingerprint density at radius 2 is 1.62 bits per heavy atom. The van der Waals surface area contributed by atoms with E-state index >= 15 is 0 Å². The highest BCUT2D eigenvalue weighted by atomic mass is 19.4. The van der Waals surface area contributed by atoms with Gasteiger partial charge in [0.05, 0.1) is 11.1 Å². The van der Waals surface area contributed by atoms with Gasteiger partial charge in [0.1, 0.15) is 11.6 Å². The number of halogens is 5. The average Bonchev–Trinajstić information content (AvgIpc) is 2.63. The van der Waals surface area contributed by atoms with Crippen molar-refractivity contribution in [2.75, 3.05) is 5.32 Å².